The van der Waals surface area contributed by atoms with Crippen LogP contribution in [-0.2, 0) is 23.2 Å². The van der Waals surface area contributed by atoms with E-state index < -0.39 is 12.0 Å². The molecule has 2 aromatic carbocycles. The molecule has 3 aromatic rings. The van der Waals surface area contributed by atoms with Gasteiger partial charge in [-0.25, -0.2) is 4.98 Å². The largest absolute Gasteiger partial charge is 0.378 e. The van der Waals surface area contributed by atoms with Gasteiger partial charge in [0, 0.05) is 23.0 Å². The standard InChI is InChI=1S/C24H21Cl2N3O3/c25-16-5-1-3-14(11-16)20(30)22(32)29-10-7-19-18(13-29)21(31)28-23(27-19)24(8-9-24)15-4-2-6-17(26)12-15/h1-6,11-12,20,30H,7-10,13H2,(H,27,28,31)/t20-/m1/s1. The molecule has 0 bridgehead atoms. The second-order valence-electron chi connectivity index (χ2n) is 8.40. The number of aliphatic hydroxyl groups is 1. The first-order chi connectivity index (χ1) is 15.4. The molecule has 2 N–H and O–H groups in total. The Morgan fingerprint density at radius 1 is 1.12 bits per heavy atom. The van der Waals surface area contributed by atoms with Crippen LogP contribution in [0, 0.1) is 0 Å². The number of rotatable bonds is 4. The Morgan fingerprint density at radius 3 is 2.53 bits per heavy atom. The fourth-order valence-corrected chi connectivity index (χ4v) is 4.79. The summed E-state index contributed by atoms with van der Waals surface area (Å²) in [7, 11) is 0. The molecule has 1 saturated carbocycles. The first-order valence-electron chi connectivity index (χ1n) is 10.5. The van der Waals surface area contributed by atoms with Crippen LogP contribution < -0.4 is 5.56 Å². The van der Waals surface area contributed by atoms with Crippen molar-refractivity contribution in [3.63, 3.8) is 0 Å². The molecule has 1 amide bonds. The second kappa shape index (κ2) is 8.03. The van der Waals surface area contributed by atoms with Crippen LogP contribution >= 0.6 is 23.2 Å². The van der Waals surface area contributed by atoms with E-state index in [-0.39, 0.29) is 17.5 Å². The first kappa shape index (κ1) is 21.2. The highest BCUT2D eigenvalue weighted by Gasteiger charge is 2.49. The summed E-state index contributed by atoms with van der Waals surface area (Å²) in [5.74, 6) is 0.196. The molecule has 164 valence electrons. The van der Waals surface area contributed by atoms with Gasteiger partial charge in [0.1, 0.15) is 5.82 Å². The lowest BCUT2D eigenvalue weighted by Crippen LogP contribution is -2.42. The van der Waals surface area contributed by atoms with Gasteiger partial charge in [0.05, 0.1) is 23.2 Å². The summed E-state index contributed by atoms with van der Waals surface area (Å²) in [6, 6.07) is 14.2. The average Bonchev–Trinajstić information content (AvgIpc) is 3.60. The second-order valence-corrected chi connectivity index (χ2v) is 9.27. The van der Waals surface area contributed by atoms with E-state index in [1.54, 1.807) is 24.3 Å². The molecule has 6 nitrogen and oxygen atoms in total. The lowest BCUT2D eigenvalue weighted by molar-refractivity contribution is -0.141. The van der Waals surface area contributed by atoms with Crippen LogP contribution in [-0.4, -0.2) is 32.4 Å². The third-order valence-corrected chi connectivity index (χ3v) is 6.83. The number of nitrogens with one attached hydrogen (secondary N) is 1. The molecule has 5 rings (SSSR count). The predicted molar refractivity (Wildman–Crippen MR) is 122 cm³/mol. The van der Waals surface area contributed by atoms with Crippen molar-refractivity contribution >= 4 is 29.1 Å². The molecule has 1 atom stereocenters. The number of benzene rings is 2. The van der Waals surface area contributed by atoms with Gasteiger partial charge in [0.15, 0.2) is 6.10 Å². The van der Waals surface area contributed by atoms with E-state index in [4.69, 9.17) is 28.2 Å². The van der Waals surface area contributed by atoms with Gasteiger partial charge in [0.2, 0.25) is 0 Å². The number of amides is 1. The molecule has 0 unspecified atom stereocenters. The summed E-state index contributed by atoms with van der Waals surface area (Å²) >= 11 is 12.2. The van der Waals surface area contributed by atoms with E-state index in [1.807, 2.05) is 24.3 Å². The van der Waals surface area contributed by atoms with Gasteiger partial charge in [-0.3, -0.25) is 9.59 Å². The Labute approximate surface area is 194 Å². The Bertz CT molecular complexity index is 1270. The van der Waals surface area contributed by atoms with Gasteiger partial charge >= 0.3 is 0 Å². The minimum atomic E-state index is -1.33. The molecular formula is C24H21Cl2N3O3. The van der Waals surface area contributed by atoms with Gasteiger partial charge in [-0.1, -0.05) is 47.5 Å². The molecule has 1 aliphatic carbocycles. The van der Waals surface area contributed by atoms with Crippen molar-refractivity contribution in [3.05, 3.63) is 97.1 Å². The van der Waals surface area contributed by atoms with Crippen molar-refractivity contribution in [2.24, 2.45) is 0 Å². The molecule has 1 fully saturated rings. The smallest absolute Gasteiger partial charge is 0.256 e. The number of H-pyrrole nitrogens is 1. The fraction of sp³-hybridized carbons (Fsp3) is 0.292. The highest BCUT2D eigenvalue weighted by atomic mass is 35.5. The van der Waals surface area contributed by atoms with Crippen LogP contribution in [0.1, 0.15) is 47.2 Å². The Kier molecular flexibility index (Phi) is 5.32. The number of hydrogen-bond acceptors (Lipinski definition) is 4. The van der Waals surface area contributed by atoms with Gasteiger partial charge in [0.25, 0.3) is 11.5 Å². The number of carbonyl (C=O) groups is 1. The summed E-state index contributed by atoms with van der Waals surface area (Å²) in [5, 5.41) is 11.6. The third kappa shape index (κ3) is 3.72. The van der Waals surface area contributed by atoms with Crippen LogP contribution in [0.5, 0.6) is 0 Å². The summed E-state index contributed by atoms with van der Waals surface area (Å²) in [4.78, 5) is 35.1. The SMILES string of the molecule is O=C([C@H](O)c1cccc(Cl)c1)N1CCc2nc(C3(c4cccc(Cl)c4)CC3)[nH]c(=O)c2C1. The van der Waals surface area contributed by atoms with Crippen LogP contribution in [0.25, 0.3) is 0 Å². The van der Waals surface area contributed by atoms with Crippen LogP contribution in [0.3, 0.4) is 0 Å². The summed E-state index contributed by atoms with van der Waals surface area (Å²) in [6.07, 6.45) is 0.905. The lowest BCUT2D eigenvalue weighted by Gasteiger charge is -2.30. The summed E-state index contributed by atoms with van der Waals surface area (Å²) in [5.41, 5.74) is 2.09. The maximum absolute atomic E-state index is 13.0. The lowest BCUT2D eigenvalue weighted by atomic mass is 9.94. The molecule has 0 spiro atoms. The van der Waals surface area contributed by atoms with Crippen LogP contribution in [0.15, 0.2) is 53.3 Å². The zero-order valence-corrected chi connectivity index (χ0v) is 18.7. The van der Waals surface area contributed by atoms with Crippen molar-refractivity contribution in [1.29, 1.82) is 0 Å². The van der Waals surface area contributed by atoms with E-state index in [1.165, 1.54) is 4.90 Å². The molecule has 1 aliphatic heterocycles. The molecule has 2 heterocycles. The number of nitrogens with zero attached hydrogens (tertiary/aromatic N) is 2. The average molecular weight is 470 g/mol. The van der Waals surface area contributed by atoms with E-state index in [9.17, 15) is 14.7 Å². The minimum Gasteiger partial charge on any atom is -0.378 e. The van der Waals surface area contributed by atoms with E-state index in [2.05, 4.69) is 4.98 Å². The quantitative estimate of drug-likeness (QED) is 0.608. The van der Waals surface area contributed by atoms with Crippen molar-refractivity contribution in [2.75, 3.05) is 6.54 Å². The first-order valence-corrected chi connectivity index (χ1v) is 11.2. The van der Waals surface area contributed by atoms with Crippen molar-refractivity contribution < 1.29 is 9.90 Å². The number of carbonyl (C=O) groups excluding carboxylic acids is 1. The molecule has 1 aromatic heterocycles. The van der Waals surface area contributed by atoms with Crippen molar-refractivity contribution in [1.82, 2.24) is 14.9 Å². The molecule has 8 heteroatoms. The van der Waals surface area contributed by atoms with Gasteiger partial charge in [-0.15, -0.1) is 0 Å². The predicted octanol–water partition coefficient (Wildman–Crippen LogP) is 3.77. The monoisotopic (exact) mass is 469 g/mol. The third-order valence-electron chi connectivity index (χ3n) is 6.36. The van der Waals surface area contributed by atoms with Crippen molar-refractivity contribution in [2.45, 2.75) is 37.3 Å². The number of halogens is 2. The Balaban J connectivity index is 1.41. The van der Waals surface area contributed by atoms with E-state index >= 15 is 0 Å². The number of aromatic nitrogens is 2. The number of aromatic amines is 1. The summed E-state index contributed by atoms with van der Waals surface area (Å²) < 4.78 is 0. The molecule has 32 heavy (non-hydrogen) atoms. The zero-order chi connectivity index (χ0) is 22.5. The van der Waals surface area contributed by atoms with Crippen LogP contribution in [0.4, 0.5) is 0 Å². The molecule has 0 saturated heterocycles. The number of aliphatic hydroxyl groups excluding tert-OH is 1. The van der Waals surface area contributed by atoms with E-state index in [0.717, 1.165) is 18.4 Å². The molecule has 2 aliphatic rings. The Hall–Kier alpha value is -2.67. The minimum absolute atomic E-state index is 0.110. The normalized spacial score (nSPS) is 17.5. The maximum Gasteiger partial charge on any atom is 0.256 e. The maximum atomic E-state index is 13.0. The number of fused-ring (bicyclic) bond motifs is 1. The fourth-order valence-electron chi connectivity index (χ4n) is 4.41. The number of hydrogen-bond donors (Lipinski definition) is 2. The van der Waals surface area contributed by atoms with Gasteiger partial charge in [-0.05, 0) is 48.2 Å². The molecular weight excluding hydrogens is 449 g/mol. The highest BCUT2D eigenvalue weighted by molar-refractivity contribution is 6.30. The summed E-state index contributed by atoms with van der Waals surface area (Å²) in [6.45, 7) is 0.488. The van der Waals surface area contributed by atoms with Gasteiger partial charge in [-0.2, -0.15) is 0 Å². The molecule has 0 radical (unpaired) electrons. The van der Waals surface area contributed by atoms with Crippen molar-refractivity contribution in [3.8, 4) is 0 Å². The van der Waals surface area contributed by atoms with Gasteiger partial charge < -0.3 is 15.0 Å². The topological polar surface area (TPSA) is 86.3 Å². The highest BCUT2D eigenvalue weighted by Crippen LogP contribution is 2.52. The zero-order valence-electron chi connectivity index (χ0n) is 17.1. The van der Waals surface area contributed by atoms with Crippen LogP contribution in [0.2, 0.25) is 10.0 Å². The van der Waals surface area contributed by atoms with E-state index in [0.29, 0.717) is 45.7 Å². The Morgan fingerprint density at radius 2 is 1.84 bits per heavy atom.